The highest BCUT2D eigenvalue weighted by Crippen LogP contribution is 2.34. The molecular weight excluding hydrogens is 314 g/mol. The van der Waals surface area contributed by atoms with E-state index in [9.17, 15) is 4.79 Å². The van der Waals surface area contributed by atoms with Crippen molar-refractivity contribution in [1.82, 2.24) is 20.2 Å². The largest absolute Gasteiger partial charge is 0.420 e. The van der Waals surface area contributed by atoms with E-state index in [1.807, 2.05) is 26.8 Å². The van der Waals surface area contributed by atoms with Crippen LogP contribution in [0, 0.1) is 6.92 Å². The van der Waals surface area contributed by atoms with Crippen LogP contribution in [-0.2, 0) is 0 Å². The topological polar surface area (TPSA) is 93.8 Å². The van der Waals surface area contributed by atoms with Gasteiger partial charge in [0.15, 0.2) is 0 Å². The third-order valence-electron chi connectivity index (χ3n) is 3.11. The maximum Gasteiger partial charge on any atom is 0.275 e. The summed E-state index contributed by atoms with van der Waals surface area (Å²) in [7, 11) is 0. The molecule has 0 aromatic carbocycles. The SMILES string of the molecule is Cc1sc(-c2nnc(C(C)C)o2)cc1NC(=O)c1cnccn1. The van der Waals surface area contributed by atoms with E-state index in [-0.39, 0.29) is 17.5 Å². The number of nitrogens with one attached hydrogen (secondary N) is 1. The lowest BCUT2D eigenvalue weighted by Gasteiger charge is -2.02. The van der Waals surface area contributed by atoms with Crippen LogP contribution < -0.4 is 5.32 Å². The monoisotopic (exact) mass is 329 g/mol. The van der Waals surface area contributed by atoms with Gasteiger partial charge in [0.2, 0.25) is 5.89 Å². The summed E-state index contributed by atoms with van der Waals surface area (Å²) in [6.45, 7) is 5.90. The van der Waals surface area contributed by atoms with Crippen molar-refractivity contribution in [2.24, 2.45) is 0 Å². The molecule has 0 saturated heterocycles. The van der Waals surface area contributed by atoms with Gasteiger partial charge in [-0.05, 0) is 13.0 Å². The number of rotatable bonds is 4. The van der Waals surface area contributed by atoms with Gasteiger partial charge in [-0.15, -0.1) is 21.5 Å². The van der Waals surface area contributed by atoms with E-state index in [0.717, 1.165) is 9.75 Å². The average molecular weight is 329 g/mol. The Labute approximate surface area is 136 Å². The lowest BCUT2D eigenvalue weighted by atomic mass is 10.2. The average Bonchev–Trinajstić information content (AvgIpc) is 3.16. The molecule has 3 heterocycles. The van der Waals surface area contributed by atoms with E-state index in [0.29, 0.717) is 17.5 Å². The summed E-state index contributed by atoms with van der Waals surface area (Å²) >= 11 is 1.48. The van der Waals surface area contributed by atoms with Crippen LogP contribution in [0.4, 0.5) is 5.69 Å². The quantitative estimate of drug-likeness (QED) is 0.789. The molecule has 23 heavy (non-hydrogen) atoms. The number of thiophene rings is 1. The van der Waals surface area contributed by atoms with Gasteiger partial charge >= 0.3 is 0 Å². The Kier molecular flexibility index (Phi) is 4.16. The highest BCUT2D eigenvalue weighted by atomic mass is 32.1. The molecule has 0 spiro atoms. The fourth-order valence-corrected chi connectivity index (χ4v) is 2.78. The van der Waals surface area contributed by atoms with Crippen LogP contribution in [0.15, 0.2) is 29.1 Å². The summed E-state index contributed by atoms with van der Waals surface area (Å²) in [5.74, 6) is 0.921. The molecule has 0 atom stereocenters. The van der Waals surface area contributed by atoms with Crippen molar-refractivity contribution in [3.05, 3.63) is 41.1 Å². The normalized spacial score (nSPS) is 11.0. The van der Waals surface area contributed by atoms with Crippen molar-refractivity contribution in [1.29, 1.82) is 0 Å². The first-order valence-corrected chi connectivity index (χ1v) is 7.88. The lowest BCUT2D eigenvalue weighted by molar-refractivity contribution is 0.102. The second-order valence-corrected chi connectivity index (χ2v) is 6.48. The van der Waals surface area contributed by atoms with E-state index in [1.54, 1.807) is 0 Å². The molecule has 0 bridgehead atoms. The molecule has 0 aliphatic rings. The molecule has 0 aliphatic carbocycles. The molecule has 0 unspecified atom stereocenters. The number of amides is 1. The summed E-state index contributed by atoms with van der Waals surface area (Å²) in [4.78, 5) is 21.8. The fraction of sp³-hybridized carbons (Fsp3) is 0.267. The molecule has 1 amide bonds. The summed E-state index contributed by atoms with van der Waals surface area (Å²) in [6.07, 6.45) is 4.42. The molecule has 0 saturated carbocycles. The van der Waals surface area contributed by atoms with Crippen LogP contribution in [0.25, 0.3) is 10.8 Å². The molecule has 1 N–H and O–H groups in total. The Hall–Kier alpha value is -2.61. The van der Waals surface area contributed by atoms with Gasteiger partial charge in [-0.2, -0.15) is 0 Å². The molecule has 3 rings (SSSR count). The number of hydrogen-bond acceptors (Lipinski definition) is 7. The number of nitrogens with zero attached hydrogens (tertiary/aromatic N) is 4. The number of carbonyl (C=O) groups excluding carboxylic acids is 1. The van der Waals surface area contributed by atoms with Crippen LogP contribution in [0.2, 0.25) is 0 Å². The highest BCUT2D eigenvalue weighted by Gasteiger charge is 2.17. The third-order valence-corrected chi connectivity index (χ3v) is 4.15. The molecular formula is C15H15N5O2S. The van der Waals surface area contributed by atoms with E-state index in [4.69, 9.17) is 4.42 Å². The highest BCUT2D eigenvalue weighted by molar-refractivity contribution is 7.15. The molecule has 0 aliphatic heterocycles. The molecule has 0 radical (unpaired) electrons. The minimum absolute atomic E-state index is 0.174. The van der Waals surface area contributed by atoms with Gasteiger partial charge in [0, 0.05) is 23.2 Å². The van der Waals surface area contributed by atoms with E-state index < -0.39 is 0 Å². The van der Waals surface area contributed by atoms with Crippen molar-refractivity contribution in [3.8, 4) is 10.8 Å². The zero-order valence-corrected chi connectivity index (χ0v) is 13.7. The molecule has 8 heteroatoms. The minimum atomic E-state index is -0.307. The van der Waals surface area contributed by atoms with Crippen molar-refractivity contribution >= 4 is 22.9 Å². The standard InChI is InChI=1S/C15H15N5O2S/c1-8(2)14-19-20-15(22-14)12-6-10(9(3)23-12)18-13(21)11-7-16-4-5-17-11/h4-8H,1-3H3,(H,18,21). The van der Waals surface area contributed by atoms with Gasteiger partial charge in [0.05, 0.1) is 16.8 Å². The van der Waals surface area contributed by atoms with Gasteiger partial charge in [-0.1, -0.05) is 13.8 Å². The Morgan fingerprint density at radius 2 is 2.13 bits per heavy atom. The Bertz CT molecular complexity index is 826. The van der Waals surface area contributed by atoms with Crippen LogP contribution in [0.1, 0.15) is 41.0 Å². The summed E-state index contributed by atoms with van der Waals surface area (Å²) in [5, 5.41) is 10.9. The molecule has 0 fully saturated rings. The van der Waals surface area contributed by atoms with Crippen molar-refractivity contribution in [2.75, 3.05) is 5.32 Å². The van der Waals surface area contributed by atoms with E-state index in [1.165, 1.54) is 29.9 Å². The zero-order chi connectivity index (χ0) is 16.4. The van der Waals surface area contributed by atoms with E-state index >= 15 is 0 Å². The summed E-state index contributed by atoms with van der Waals surface area (Å²) in [5.41, 5.74) is 0.962. The predicted molar refractivity (Wildman–Crippen MR) is 86.4 cm³/mol. The number of anilines is 1. The maximum atomic E-state index is 12.1. The first-order chi connectivity index (χ1) is 11.0. The zero-order valence-electron chi connectivity index (χ0n) is 12.9. The molecule has 7 nitrogen and oxygen atoms in total. The summed E-state index contributed by atoms with van der Waals surface area (Å²) < 4.78 is 5.64. The van der Waals surface area contributed by atoms with Crippen molar-refractivity contribution in [3.63, 3.8) is 0 Å². The van der Waals surface area contributed by atoms with Crippen molar-refractivity contribution in [2.45, 2.75) is 26.7 Å². The lowest BCUT2D eigenvalue weighted by Crippen LogP contribution is -2.13. The second kappa shape index (κ2) is 6.25. The first-order valence-electron chi connectivity index (χ1n) is 7.06. The van der Waals surface area contributed by atoms with Gasteiger partial charge in [0.25, 0.3) is 11.8 Å². The van der Waals surface area contributed by atoms with Crippen LogP contribution >= 0.6 is 11.3 Å². The second-order valence-electron chi connectivity index (χ2n) is 5.23. The first kappa shape index (κ1) is 15.3. The Balaban J connectivity index is 1.82. The van der Waals surface area contributed by atoms with Gasteiger partial charge in [-0.3, -0.25) is 9.78 Å². The summed E-state index contributed by atoms with van der Waals surface area (Å²) in [6, 6.07) is 1.83. The molecule has 118 valence electrons. The maximum absolute atomic E-state index is 12.1. The Morgan fingerprint density at radius 1 is 1.30 bits per heavy atom. The number of hydrogen-bond donors (Lipinski definition) is 1. The molecule has 3 aromatic rings. The number of aromatic nitrogens is 4. The van der Waals surface area contributed by atoms with Gasteiger partial charge in [-0.25, -0.2) is 4.98 Å². The number of aryl methyl sites for hydroxylation is 1. The fourth-order valence-electron chi connectivity index (χ4n) is 1.88. The Morgan fingerprint density at radius 3 is 2.78 bits per heavy atom. The van der Waals surface area contributed by atoms with Crippen molar-refractivity contribution < 1.29 is 9.21 Å². The van der Waals surface area contributed by atoms with Gasteiger partial charge in [0.1, 0.15) is 5.69 Å². The van der Waals surface area contributed by atoms with Crippen LogP contribution in [0.3, 0.4) is 0 Å². The molecule has 3 aromatic heterocycles. The van der Waals surface area contributed by atoms with Gasteiger partial charge < -0.3 is 9.73 Å². The smallest absolute Gasteiger partial charge is 0.275 e. The predicted octanol–water partition coefficient (Wildman–Crippen LogP) is 3.27. The van der Waals surface area contributed by atoms with E-state index in [2.05, 4.69) is 25.5 Å². The third kappa shape index (κ3) is 3.26. The van der Waals surface area contributed by atoms with Crippen LogP contribution in [-0.4, -0.2) is 26.1 Å². The number of carbonyl (C=O) groups is 1. The van der Waals surface area contributed by atoms with Crippen LogP contribution in [0.5, 0.6) is 0 Å². The minimum Gasteiger partial charge on any atom is -0.420 e.